The van der Waals surface area contributed by atoms with E-state index in [0.29, 0.717) is 6.54 Å². The second-order valence-corrected chi connectivity index (χ2v) is 7.28. The van der Waals surface area contributed by atoms with Crippen LogP contribution in [0.25, 0.3) is 0 Å². The number of nitrogens with one attached hydrogen (secondary N) is 2. The average Bonchev–Trinajstić information content (AvgIpc) is 2.68. The Bertz CT molecular complexity index is 972. The van der Waals surface area contributed by atoms with Crippen molar-refractivity contribution in [3.05, 3.63) is 53.6 Å². The number of para-hydroxylation sites is 1. The number of amides is 1. The fourth-order valence-electron chi connectivity index (χ4n) is 2.45. The Labute approximate surface area is 163 Å². The lowest BCUT2D eigenvalue weighted by Crippen LogP contribution is -2.24. The molecule has 1 amide bonds. The van der Waals surface area contributed by atoms with Crippen LogP contribution in [-0.2, 0) is 14.8 Å². The Hall–Kier alpha value is -3.07. The molecule has 150 valence electrons. The van der Waals surface area contributed by atoms with E-state index in [0.717, 1.165) is 0 Å². The number of carbonyl (C=O) groups excluding carboxylic acids is 2. The zero-order chi connectivity index (χ0) is 20.7. The molecule has 0 heterocycles. The summed E-state index contributed by atoms with van der Waals surface area (Å²) in [5, 5.41) is 2.61. The van der Waals surface area contributed by atoms with Crippen LogP contribution in [0.4, 0.5) is 5.69 Å². The minimum absolute atomic E-state index is 0.0799. The molecule has 0 fully saturated rings. The molecule has 0 aromatic heterocycles. The lowest BCUT2D eigenvalue weighted by Gasteiger charge is -2.14. The van der Waals surface area contributed by atoms with E-state index in [4.69, 9.17) is 9.47 Å². The number of methoxy groups -OCH3 is 1. The van der Waals surface area contributed by atoms with Gasteiger partial charge in [-0.3, -0.25) is 9.52 Å². The van der Waals surface area contributed by atoms with E-state index < -0.39 is 21.9 Å². The van der Waals surface area contributed by atoms with Crippen LogP contribution in [0.3, 0.4) is 0 Å². The molecule has 0 unspecified atom stereocenters. The van der Waals surface area contributed by atoms with Crippen LogP contribution in [0.5, 0.6) is 5.75 Å². The van der Waals surface area contributed by atoms with Crippen molar-refractivity contribution in [1.82, 2.24) is 5.32 Å². The molecule has 8 nitrogen and oxygen atoms in total. The number of rotatable bonds is 8. The number of hydrogen-bond donors (Lipinski definition) is 2. The van der Waals surface area contributed by atoms with Crippen molar-refractivity contribution >= 4 is 27.6 Å². The van der Waals surface area contributed by atoms with Gasteiger partial charge < -0.3 is 14.8 Å². The molecule has 9 heteroatoms. The molecule has 0 saturated heterocycles. The fourth-order valence-corrected chi connectivity index (χ4v) is 3.56. The highest BCUT2D eigenvalue weighted by Crippen LogP contribution is 2.25. The average molecular weight is 406 g/mol. The van der Waals surface area contributed by atoms with Crippen molar-refractivity contribution in [3.63, 3.8) is 0 Å². The fraction of sp³-hybridized carbons (Fsp3) is 0.263. The molecule has 2 aromatic carbocycles. The maximum atomic E-state index is 12.8. The highest BCUT2D eigenvalue weighted by molar-refractivity contribution is 7.92. The summed E-state index contributed by atoms with van der Waals surface area (Å²) < 4.78 is 38.1. The maximum absolute atomic E-state index is 12.8. The third-order valence-electron chi connectivity index (χ3n) is 3.73. The molecule has 0 bridgehead atoms. The minimum Gasteiger partial charge on any atom is -0.496 e. The summed E-state index contributed by atoms with van der Waals surface area (Å²) >= 11 is 0. The van der Waals surface area contributed by atoms with E-state index in [-0.39, 0.29) is 34.1 Å². The summed E-state index contributed by atoms with van der Waals surface area (Å²) in [6.07, 6.45) is 0. The molecule has 2 aromatic rings. The lowest BCUT2D eigenvalue weighted by molar-refractivity contribution is 0.0527. The molecule has 0 atom stereocenters. The van der Waals surface area contributed by atoms with E-state index in [1.54, 1.807) is 26.0 Å². The Morgan fingerprint density at radius 1 is 1.04 bits per heavy atom. The minimum atomic E-state index is -4.07. The smallest absolute Gasteiger partial charge is 0.340 e. The monoisotopic (exact) mass is 406 g/mol. The molecule has 2 N–H and O–H groups in total. The molecule has 0 spiro atoms. The summed E-state index contributed by atoms with van der Waals surface area (Å²) in [7, 11) is -2.68. The van der Waals surface area contributed by atoms with Gasteiger partial charge in [0.15, 0.2) is 0 Å². The van der Waals surface area contributed by atoms with Gasteiger partial charge in [0, 0.05) is 6.54 Å². The normalized spacial score (nSPS) is 10.8. The molecule has 0 aliphatic heterocycles. The van der Waals surface area contributed by atoms with Gasteiger partial charge in [-0.25, -0.2) is 13.2 Å². The Morgan fingerprint density at radius 2 is 1.75 bits per heavy atom. The third kappa shape index (κ3) is 4.80. The van der Waals surface area contributed by atoms with Crippen molar-refractivity contribution in [2.24, 2.45) is 0 Å². The van der Waals surface area contributed by atoms with Gasteiger partial charge >= 0.3 is 5.97 Å². The van der Waals surface area contributed by atoms with E-state index in [9.17, 15) is 18.0 Å². The van der Waals surface area contributed by atoms with Crippen molar-refractivity contribution in [2.75, 3.05) is 25.0 Å². The molecule has 28 heavy (non-hydrogen) atoms. The summed E-state index contributed by atoms with van der Waals surface area (Å²) in [6.45, 7) is 3.95. The van der Waals surface area contributed by atoms with Crippen molar-refractivity contribution < 1.29 is 27.5 Å². The van der Waals surface area contributed by atoms with Crippen LogP contribution < -0.4 is 14.8 Å². The zero-order valence-corrected chi connectivity index (χ0v) is 16.6. The van der Waals surface area contributed by atoms with Crippen molar-refractivity contribution in [1.29, 1.82) is 0 Å². The van der Waals surface area contributed by atoms with Gasteiger partial charge in [-0.05, 0) is 44.2 Å². The van der Waals surface area contributed by atoms with Crippen LogP contribution in [0, 0.1) is 0 Å². The summed E-state index contributed by atoms with van der Waals surface area (Å²) in [6, 6.07) is 10.0. The lowest BCUT2D eigenvalue weighted by atomic mass is 10.2. The number of ether oxygens (including phenoxy) is 2. The number of esters is 1. The maximum Gasteiger partial charge on any atom is 0.340 e. The molecule has 0 aliphatic carbocycles. The number of benzene rings is 2. The Morgan fingerprint density at radius 3 is 2.39 bits per heavy atom. The van der Waals surface area contributed by atoms with Crippen LogP contribution >= 0.6 is 0 Å². The van der Waals surface area contributed by atoms with Crippen LogP contribution in [0.2, 0.25) is 0 Å². The second-order valence-electron chi connectivity index (χ2n) is 5.59. The van der Waals surface area contributed by atoms with E-state index in [1.807, 2.05) is 0 Å². The summed E-state index contributed by atoms with van der Waals surface area (Å²) in [4.78, 5) is 24.1. The van der Waals surface area contributed by atoms with Crippen LogP contribution in [-0.4, -0.2) is 40.6 Å². The largest absolute Gasteiger partial charge is 0.496 e. The zero-order valence-electron chi connectivity index (χ0n) is 15.8. The van der Waals surface area contributed by atoms with Gasteiger partial charge in [0.05, 0.1) is 35.4 Å². The van der Waals surface area contributed by atoms with Gasteiger partial charge in [-0.15, -0.1) is 0 Å². The first kappa shape index (κ1) is 21.2. The van der Waals surface area contributed by atoms with E-state index in [2.05, 4.69) is 10.0 Å². The molecule has 0 radical (unpaired) electrons. The second kappa shape index (κ2) is 9.23. The number of hydrogen-bond acceptors (Lipinski definition) is 6. The summed E-state index contributed by atoms with van der Waals surface area (Å²) in [5.74, 6) is -0.848. The van der Waals surface area contributed by atoms with Gasteiger partial charge in [0.2, 0.25) is 0 Å². The quantitative estimate of drug-likeness (QED) is 0.652. The van der Waals surface area contributed by atoms with Crippen LogP contribution in [0.1, 0.15) is 34.6 Å². The SMILES string of the molecule is CCNC(=O)c1cc(S(=O)(=O)Nc2ccccc2C(=O)OCC)ccc1OC. The number of sulfonamides is 1. The molecule has 0 saturated carbocycles. The Balaban J connectivity index is 2.42. The standard InChI is InChI=1S/C19H22N2O6S/c1-4-20-18(22)15-12-13(10-11-17(15)26-3)28(24,25)21-16-9-7-6-8-14(16)19(23)27-5-2/h6-12,21H,4-5H2,1-3H3,(H,20,22). The van der Waals surface area contributed by atoms with Gasteiger partial charge in [-0.1, -0.05) is 12.1 Å². The first-order valence-corrected chi connectivity index (χ1v) is 10.1. The van der Waals surface area contributed by atoms with Gasteiger partial charge in [0.25, 0.3) is 15.9 Å². The first-order valence-electron chi connectivity index (χ1n) is 8.59. The van der Waals surface area contributed by atoms with Gasteiger partial charge in [0.1, 0.15) is 5.75 Å². The highest BCUT2D eigenvalue weighted by atomic mass is 32.2. The third-order valence-corrected chi connectivity index (χ3v) is 5.09. The molecular weight excluding hydrogens is 384 g/mol. The molecular formula is C19H22N2O6S. The first-order chi connectivity index (χ1) is 13.3. The van der Waals surface area contributed by atoms with Crippen molar-refractivity contribution in [2.45, 2.75) is 18.7 Å². The van der Waals surface area contributed by atoms with E-state index >= 15 is 0 Å². The van der Waals surface area contributed by atoms with E-state index in [1.165, 1.54) is 37.4 Å². The highest BCUT2D eigenvalue weighted by Gasteiger charge is 2.22. The van der Waals surface area contributed by atoms with Crippen LogP contribution in [0.15, 0.2) is 47.4 Å². The predicted molar refractivity (Wildman–Crippen MR) is 104 cm³/mol. The van der Waals surface area contributed by atoms with Gasteiger partial charge in [-0.2, -0.15) is 0 Å². The van der Waals surface area contributed by atoms with Crippen molar-refractivity contribution in [3.8, 4) is 5.75 Å². The molecule has 2 rings (SSSR count). The number of carbonyl (C=O) groups is 2. The summed E-state index contributed by atoms with van der Waals surface area (Å²) in [5.41, 5.74) is 0.257. The predicted octanol–water partition coefficient (Wildman–Crippen LogP) is 2.42. The Kier molecular flexibility index (Phi) is 7.00. The number of anilines is 1. The topological polar surface area (TPSA) is 111 Å². The molecule has 0 aliphatic rings.